The van der Waals surface area contributed by atoms with Crippen LogP contribution in [0.2, 0.25) is 0 Å². The number of hydrogen-bond acceptors (Lipinski definition) is 4. The first-order valence-corrected chi connectivity index (χ1v) is 7.24. The van der Waals surface area contributed by atoms with Gasteiger partial charge in [0.15, 0.2) is 0 Å². The third-order valence-corrected chi connectivity index (χ3v) is 4.29. The number of amides is 1. The molecule has 1 rings (SSSR count). The Labute approximate surface area is 112 Å². The summed E-state index contributed by atoms with van der Waals surface area (Å²) in [5.74, 6) is -0.504. The van der Waals surface area contributed by atoms with Crippen LogP contribution < -0.4 is 5.32 Å². The van der Waals surface area contributed by atoms with E-state index in [-0.39, 0.29) is 12.3 Å². The number of anilines is 1. The second-order valence-corrected chi connectivity index (χ2v) is 6.26. The number of likely N-dealkylation sites (N-methyl/N-ethyl adjacent to an activating group) is 1. The molecule has 0 saturated heterocycles. The maximum absolute atomic E-state index is 11.7. The summed E-state index contributed by atoms with van der Waals surface area (Å²) >= 11 is 0. The molecule has 0 fully saturated rings. The maximum atomic E-state index is 11.7. The zero-order chi connectivity index (χ0) is 14.5. The van der Waals surface area contributed by atoms with Gasteiger partial charge in [-0.15, -0.1) is 0 Å². The highest BCUT2D eigenvalue weighted by Gasteiger charge is 2.18. The van der Waals surface area contributed by atoms with Gasteiger partial charge in [0.1, 0.15) is 0 Å². The van der Waals surface area contributed by atoms with Gasteiger partial charge in [-0.25, -0.2) is 8.42 Å². The van der Waals surface area contributed by atoms with Crippen LogP contribution in [0.5, 0.6) is 0 Å². The van der Waals surface area contributed by atoms with Gasteiger partial charge < -0.3 is 5.32 Å². The first kappa shape index (κ1) is 15.1. The summed E-state index contributed by atoms with van der Waals surface area (Å²) in [5.41, 5.74) is 0.888. The van der Waals surface area contributed by atoms with E-state index in [1.807, 2.05) is 6.07 Å². The molecule has 0 aliphatic heterocycles. The summed E-state index contributed by atoms with van der Waals surface area (Å²) in [6, 6.07) is 8.36. The molecule has 1 amide bonds. The third-order valence-electron chi connectivity index (χ3n) is 2.48. The lowest BCUT2D eigenvalue weighted by Crippen LogP contribution is -2.35. The predicted octanol–water partition coefficient (Wildman–Crippen LogP) is 0.778. The van der Waals surface area contributed by atoms with Crippen LogP contribution in [0.1, 0.15) is 12.5 Å². The molecule has 0 aliphatic rings. The number of nitrogens with zero attached hydrogens (tertiary/aromatic N) is 2. The number of hydrogen-bond donors (Lipinski definition) is 1. The molecule has 1 N–H and O–H groups in total. The Morgan fingerprint density at radius 2 is 2.16 bits per heavy atom. The quantitative estimate of drug-likeness (QED) is 0.863. The summed E-state index contributed by atoms with van der Waals surface area (Å²) in [6.07, 6.45) is 0. The van der Waals surface area contributed by atoms with Gasteiger partial charge in [-0.05, 0) is 25.1 Å². The monoisotopic (exact) mass is 281 g/mol. The maximum Gasteiger partial charge on any atom is 0.239 e. The zero-order valence-corrected chi connectivity index (χ0v) is 11.6. The Morgan fingerprint density at radius 1 is 1.47 bits per heavy atom. The normalized spacial score (nSPS) is 11.1. The summed E-state index contributed by atoms with van der Waals surface area (Å²) in [5, 5.41) is 11.3. The number of carbonyl (C=O) groups is 1. The zero-order valence-electron chi connectivity index (χ0n) is 10.8. The highest BCUT2D eigenvalue weighted by Crippen LogP contribution is 2.09. The van der Waals surface area contributed by atoms with E-state index in [2.05, 4.69) is 5.32 Å². The third kappa shape index (κ3) is 4.35. The number of rotatable bonds is 5. The number of nitriles is 1. The standard InChI is InChI=1S/C12H15N3O3S/c1-3-19(17,18)15(2)9-12(16)14-11-6-4-5-10(7-11)8-13/h4-7H,3,9H2,1-2H3,(H,14,16). The fourth-order valence-electron chi connectivity index (χ4n) is 1.39. The van der Waals surface area contributed by atoms with Gasteiger partial charge in [-0.3, -0.25) is 4.79 Å². The molecule has 0 spiro atoms. The first-order valence-electron chi connectivity index (χ1n) is 5.63. The number of nitrogens with one attached hydrogen (secondary N) is 1. The van der Waals surface area contributed by atoms with Crippen LogP contribution in [0.25, 0.3) is 0 Å². The van der Waals surface area contributed by atoms with Crippen molar-refractivity contribution >= 4 is 21.6 Å². The van der Waals surface area contributed by atoms with Crippen LogP contribution in [-0.4, -0.2) is 38.0 Å². The molecule has 19 heavy (non-hydrogen) atoms. The second kappa shape index (κ2) is 6.31. The Hall–Kier alpha value is -1.91. The highest BCUT2D eigenvalue weighted by molar-refractivity contribution is 7.89. The van der Waals surface area contributed by atoms with Gasteiger partial charge >= 0.3 is 0 Å². The molecule has 1 aromatic rings. The lowest BCUT2D eigenvalue weighted by atomic mass is 10.2. The van der Waals surface area contributed by atoms with Crippen molar-refractivity contribution in [2.45, 2.75) is 6.92 Å². The molecule has 102 valence electrons. The van der Waals surface area contributed by atoms with E-state index in [9.17, 15) is 13.2 Å². The first-order chi connectivity index (χ1) is 8.89. The minimum Gasteiger partial charge on any atom is -0.325 e. The molecule has 0 saturated carbocycles. The summed E-state index contributed by atoms with van der Waals surface area (Å²) in [6.45, 7) is 1.26. The van der Waals surface area contributed by atoms with E-state index in [4.69, 9.17) is 5.26 Å². The molecule has 0 atom stereocenters. The molecular weight excluding hydrogens is 266 g/mol. The molecule has 0 heterocycles. The summed E-state index contributed by atoms with van der Waals surface area (Å²) in [4.78, 5) is 11.7. The van der Waals surface area contributed by atoms with Gasteiger partial charge in [0.2, 0.25) is 15.9 Å². The van der Waals surface area contributed by atoms with Crippen LogP contribution in [0.15, 0.2) is 24.3 Å². The van der Waals surface area contributed by atoms with Crippen molar-refractivity contribution in [3.8, 4) is 6.07 Å². The average Bonchev–Trinajstić information content (AvgIpc) is 2.38. The lowest BCUT2D eigenvalue weighted by Gasteiger charge is -2.15. The predicted molar refractivity (Wildman–Crippen MR) is 71.9 cm³/mol. The van der Waals surface area contributed by atoms with Crippen LogP contribution in [0, 0.1) is 11.3 Å². The van der Waals surface area contributed by atoms with Crippen molar-refractivity contribution in [2.75, 3.05) is 24.7 Å². The Morgan fingerprint density at radius 3 is 2.74 bits per heavy atom. The van der Waals surface area contributed by atoms with E-state index < -0.39 is 15.9 Å². The van der Waals surface area contributed by atoms with Crippen LogP contribution in [-0.2, 0) is 14.8 Å². The molecule has 6 nitrogen and oxygen atoms in total. The lowest BCUT2D eigenvalue weighted by molar-refractivity contribution is -0.116. The van der Waals surface area contributed by atoms with Gasteiger partial charge in [0, 0.05) is 12.7 Å². The van der Waals surface area contributed by atoms with Crippen molar-refractivity contribution < 1.29 is 13.2 Å². The van der Waals surface area contributed by atoms with Crippen LogP contribution in [0.4, 0.5) is 5.69 Å². The van der Waals surface area contributed by atoms with E-state index in [1.54, 1.807) is 18.2 Å². The Balaban J connectivity index is 2.68. The molecular formula is C12H15N3O3S. The molecule has 0 radical (unpaired) electrons. The minimum absolute atomic E-state index is 0.0549. The van der Waals surface area contributed by atoms with Gasteiger partial charge in [0.25, 0.3) is 0 Å². The smallest absolute Gasteiger partial charge is 0.239 e. The van der Waals surface area contributed by atoms with E-state index >= 15 is 0 Å². The number of benzene rings is 1. The minimum atomic E-state index is -3.38. The molecule has 0 unspecified atom stereocenters. The molecule has 7 heteroatoms. The second-order valence-electron chi connectivity index (χ2n) is 3.90. The highest BCUT2D eigenvalue weighted by atomic mass is 32.2. The van der Waals surface area contributed by atoms with Gasteiger partial charge in [-0.2, -0.15) is 9.57 Å². The topological polar surface area (TPSA) is 90.3 Å². The van der Waals surface area contributed by atoms with Crippen LogP contribution >= 0.6 is 0 Å². The largest absolute Gasteiger partial charge is 0.325 e. The molecule has 0 aromatic heterocycles. The van der Waals surface area contributed by atoms with Gasteiger partial charge in [0.05, 0.1) is 23.9 Å². The SMILES string of the molecule is CCS(=O)(=O)N(C)CC(=O)Nc1cccc(C#N)c1. The molecule has 0 bridgehead atoms. The number of carbonyl (C=O) groups excluding carboxylic acids is 1. The summed E-state index contributed by atoms with van der Waals surface area (Å²) < 4.78 is 24.0. The Kier molecular flexibility index (Phi) is 5.03. The van der Waals surface area contributed by atoms with Gasteiger partial charge in [-0.1, -0.05) is 6.07 Å². The van der Waals surface area contributed by atoms with Crippen LogP contribution in [0.3, 0.4) is 0 Å². The van der Waals surface area contributed by atoms with E-state index in [0.717, 1.165) is 4.31 Å². The Bertz CT molecular complexity index is 605. The van der Waals surface area contributed by atoms with Crippen molar-refractivity contribution in [3.05, 3.63) is 29.8 Å². The average molecular weight is 281 g/mol. The van der Waals surface area contributed by atoms with Crippen molar-refractivity contribution in [1.82, 2.24) is 4.31 Å². The van der Waals surface area contributed by atoms with E-state index in [0.29, 0.717) is 11.3 Å². The van der Waals surface area contributed by atoms with Crippen molar-refractivity contribution in [3.63, 3.8) is 0 Å². The van der Waals surface area contributed by atoms with Crippen molar-refractivity contribution in [2.24, 2.45) is 0 Å². The number of sulfonamides is 1. The fraction of sp³-hybridized carbons (Fsp3) is 0.333. The van der Waals surface area contributed by atoms with Crippen molar-refractivity contribution in [1.29, 1.82) is 5.26 Å². The fourth-order valence-corrected chi connectivity index (χ4v) is 2.14. The summed E-state index contributed by atoms with van der Waals surface area (Å²) in [7, 11) is -2.03. The van der Waals surface area contributed by atoms with E-state index in [1.165, 1.54) is 20.0 Å². The molecule has 1 aromatic carbocycles. The molecule has 0 aliphatic carbocycles.